The molecule has 0 aliphatic heterocycles. The number of carbonyl (C=O) groups is 3. The van der Waals surface area contributed by atoms with E-state index in [0.717, 1.165) is 17.0 Å². The average molecular weight is 409 g/mol. The third kappa shape index (κ3) is 9.67. The topological polar surface area (TPSA) is 100 Å². The van der Waals surface area contributed by atoms with Gasteiger partial charge in [-0.1, -0.05) is 13.2 Å². The van der Waals surface area contributed by atoms with Gasteiger partial charge in [-0.15, -0.1) is 11.8 Å². The fourth-order valence-electron chi connectivity index (χ4n) is 1.77. The van der Waals surface area contributed by atoms with Crippen molar-refractivity contribution in [1.29, 1.82) is 0 Å². The third-order valence-corrected chi connectivity index (χ3v) is 3.87. The quantitative estimate of drug-likeness (QED) is 0.185. The molecule has 0 saturated heterocycles. The summed E-state index contributed by atoms with van der Waals surface area (Å²) < 4.78 is 20.4. The predicted molar refractivity (Wildman–Crippen MR) is 104 cm³/mol. The number of ether oxygens (including phenoxy) is 4. The minimum Gasteiger partial charge on any atom is -0.490 e. The number of hydrogen-bond acceptors (Lipinski definition) is 8. The van der Waals surface area contributed by atoms with Crippen molar-refractivity contribution >= 4 is 29.8 Å². The largest absolute Gasteiger partial charge is 0.490 e. The van der Waals surface area contributed by atoms with Crippen molar-refractivity contribution in [3.05, 3.63) is 49.6 Å². The number of benzene rings is 1. The first-order chi connectivity index (χ1) is 13.5. The zero-order valence-corrected chi connectivity index (χ0v) is 16.4. The van der Waals surface area contributed by atoms with Gasteiger partial charge in [0.25, 0.3) is 0 Å². The van der Waals surface area contributed by atoms with Crippen molar-refractivity contribution in [2.24, 2.45) is 0 Å². The summed E-state index contributed by atoms with van der Waals surface area (Å²) >= 11 is 1.60. The number of rotatable bonds is 12. The van der Waals surface area contributed by atoms with Crippen LogP contribution >= 0.6 is 11.8 Å². The predicted octanol–water partition coefficient (Wildman–Crippen LogP) is 2.34. The Kier molecular flexibility index (Phi) is 10.9. The Morgan fingerprint density at radius 2 is 1.71 bits per heavy atom. The first-order valence-corrected chi connectivity index (χ1v) is 9.50. The lowest BCUT2D eigenvalue weighted by Crippen LogP contribution is -2.36. The summed E-state index contributed by atoms with van der Waals surface area (Å²) in [6.45, 7) is 6.35. The Bertz CT molecular complexity index is 675. The van der Waals surface area contributed by atoms with E-state index in [-0.39, 0.29) is 26.4 Å². The molecule has 1 atom stereocenters. The lowest BCUT2D eigenvalue weighted by molar-refractivity contribution is -0.141. The molecule has 0 saturated carbocycles. The SMILES string of the molecule is C=CC(=O)OCCNC(=O)OC(COC(=O)C=C)COc1ccc(SC)cc1. The van der Waals surface area contributed by atoms with Crippen LogP contribution in [0.4, 0.5) is 4.79 Å². The third-order valence-electron chi connectivity index (χ3n) is 3.13. The Balaban J connectivity index is 2.51. The van der Waals surface area contributed by atoms with E-state index in [4.69, 9.17) is 18.9 Å². The number of thioether (sulfide) groups is 1. The Morgan fingerprint density at radius 1 is 1.07 bits per heavy atom. The highest BCUT2D eigenvalue weighted by atomic mass is 32.2. The molecule has 28 heavy (non-hydrogen) atoms. The molecule has 0 spiro atoms. The van der Waals surface area contributed by atoms with Crippen molar-refractivity contribution in [3.63, 3.8) is 0 Å². The van der Waals surface area contributed by atoms with E-state index in [0.29, 0.717) is 5.75 Å². The van der Waals surface area contributed by atoms with E-state index in [9.17, 15) is 14.4 Å². The molecule has 8 nitrogen and oxygen atoms in total. The molecule has 1 rings (SSSR count). The Labute approximate surface area is 167 Å². The first kappa shape index (κ1) is 23.1. The second kappa shape index (κ2) is 13.3. The van der Waals surface area contributed by atoms with Crippen LogP contribution in [-0.2, 0) is 23.8 Å². The highest BCUT2D eigenvalue weighted by Crippen LogP contribution is 2.19. The fraction of sp³-hybridized carbons (Fsp3) is 0.316. The van der Waals surface area contributed by atoms with Crippen LogP contribution in [0.2, 0.25) is 0 Å². The van der Waals surface area contributed by atoms with Crippen LogP contribution in [0.1, 0.15) is 0 Å². The lowest BCUT2D eigenvalue weighted by atomic mass is 10.3. The maximum absolute atomic E-state index is 11.9. The van der Waals surface area contributed by atoms with E-state index in [1.165, 1.54) is 0 Å². The standard InChI is InChI=1S/C19H23NO7S/c1-4-17(21)24-11-10-20-19(23)27-15(13-26-18(22)5-2)12-25-14-6-8-16(28-3)9-7-14/h4-9,15H,1-2,10-13H2,3H3,(H,20,23). The van der Waals surface area contributed by atoms with Crippen LogP contribution in [0.3, 0.4) is 0 Å². The minimum atomic E-state index is -0.847. The molecule has 1 unspecified atom stereocenters. The van der Waals surface area contributed by atoms with E-state index in [2.05, 4.69) is 18.5 Å². The normalized spacial score (nSPS) is 10.9. The molecule has 0 fully saturated rings. The van der Waals surface area contributed by atoms with Gasteiger partial charge in [-0.3, -0.25) is 0 Å². The second-order valence-corrected chi connectivity index (χ2v) is 6.03. The van der Waals surface area contributed by atoms with E-state index in [1.54, 1.807) is 23.9 Å². The summed E-state index contributed by atoms with van der Waals surface area (Å²) in [5.41, 5.74) is 0. The molecule has 0 aliphatic carbocycles. The molecular formula is C19H23NO7S. The average Bonchev–Trinajstić information content (AvgIpc) is 2.72. The van der Waals surface area contributed by atoms with Crippen LogP contribution in [0.25, 0.3) is 0 Å². The number of hydrogen-bond donors (Lipinski definition) is 1. The zero-order chi connectivity index (χ0) is 20.8. The van der Waals surface area contributed by atoms with Gasteiger partial charge in [0.05, 0.1) is 6.54 Å². The van der Waals surface area contributed by atoms with Crippen LogP contribution in [0.5, 0.6) is 5.75 Å². The molecule has 0 radical (unpaired) electrons. The monoisotopic (exact) mass is 409 g/mol. The Morgan fingerprint density at radius 3 is 2.32 bits per heavy atom. The van der Waals surface area contributed by atoms with Crippen molar-refractivity contribution in [2.45, 2.75) is 11.0 Å². The van der Waals surface area contributed by atoms with Gasteiger partial charge in [0.1, 0.15) is 25.6 Å². The molecule has 1 aromatic rings. The molecule has 0 heterocycles. The molecule has 0 aromatic heterocycles. The van der Waals surface area contributed by atoms with E-state index in [1.807, 2.05) is 18.4 Å². The van der Waals surface area contributed by atoms with Crippen molar-refractivity contribution in [1.82, 2.24) is 5.32 Å². The van der Waals surface area contributed by atoms with Gasteiger partial charge >= 0.3 is 18.0 Å². The highest BCUT2D eigenvalue weighted by Gasteiger charge is 2.17. The molecule has 152 valence electrons. The van der Waals surface area contributed by atoms with Gasteiger partial charge in [-0.2, -0.15) is 0 Å². The molecule has 0 aliphatic rings. The number of carbonyl (C=O) groups excluding carboxylic acids is 3. The van der Waals surface area contributed by atoms with E-state index < -0.39 is 24.1 Å². The van der Waals surface area contributed by atoms with Gasteiger partial charge in [0.15, 0.2) is 6.10 Å². The fourth-order valence-corrected chi connectivity index (χ4v) is 2.18. The number of alkyl carbamates (subject to hydrolysis) is 1. The summed E-state index contributed by atoms with van der Waals surface area (Å²) in [6.07, 6.45) is 2.37. The summed E-state index contributed by atoms with van der Waals surface area (Å²) in [7, 11) is 0. The smallest absolute Gasteiger partial charge is 0.407 e. The van der Waals surface area contributed by atoms with Crippen molar-refractivity contribution in [2.75, 3.05) is 32.6 Å². The maximum atomic E-state index is 11.9. The number of amides is 1. The summed E-state index contributed by atoms with van der Waals surface area (Å²) in [5.74, 6) is -0.655. The first-order valence-electron chi connectivity index (χ1n) is 8.28. The highest BCUT2D eigenvalue weighted by molar-refractivity contribution is 7.98. The van der Waals surface area contributed by atoms with Gasteiger partial charge in [-0.05, 0) is 30.5 Å². The van der Waals surface area contributed by atoms with Gasteiger partial charge < -0.3 is 24.3 Å². The maximum Gasteiger partial charge on any atom is 0.407 e. The molecule has 1 aromatic carbocycles. The number of nitrogens with one attached hydrogen (secondary N) is 1. The molecule has 9 heteroatoms. The zero-order valence-electron chi connectivity index (χ0n) is 15.6. The van der Waals surface area contributed by atoms with Crippen molar-refractivity contribution < 1.29 is 33.3 Å². The second-order valence-electron chi connectivity index (χ2n) is 5.15. The van der Waals surface area contributed by atoms with Gasteiger partial charge in [-0.25, -0.2) is 14.4 Å². The summed E-state index contributed by atoms with van der Waals surface area (Å²) in [6, 6.07) is 7.36. The molecule has 1 amide bonds. The summed E-state index contributed by atoms with van der Waals surface area (Å²) in [5, 5.41) is 2.42. The van der Waals surface area contributed by atoms with Gasteiger partial charge in [0.2, 0.25) is 0 Å². The van der Waals surface area contributed by atoms with Crippen LogP contribution in [0.15, 0.2) is 54.5 Å². The van der Waals surface area contributed by atoms with E-state index >= 15 is 0 Å². The van der Waals surface area contributed by atoms with Crippen LogP contribution < -0.4 is 10.1 Å². The molecule has 1 N–H and O–H groups in total. The lowest BCUT2D eigenvalue weighted by Gasteiger charge is -2.18. The number of esters is 2. The van der Waals surface area contributed by atoms with Crippen LogP contribution in [0, 0.1) is 0 Å². The van der Waals surface area contributed by atoms with Gasteiger partial charge in [0, 0.05) is 17.0 Å². The van der Waals surface area contributed by atoms with Crippen LogP contribution in [-0.4, -0.2) is 56.8 Å². The Hall–Kier alpha value is -2.94. The van der Waals surface area contributed by atoms with Crippen molar-refractivity contribution in [3.8, 4) is 5.75 Å². The summed E-state index contributed by atoms with van der Waals surface area (Å²) in [4.78, 5) is 35.1. The minimum absolute atomic E-state index is 0.0259. The molecular weight excluding hydrogens is 386 g/mol. The molecule has 0 bridgehead atoms.